The summed E-state index contributed by atoms with van der Waals surface area (Å²) in [6.45, 7) is 6.26. The normalized spacial score (nSPS) is 11.9. The first-order chi connectivity index (χ1) is 9.55. The van der Waals surface area contributed by atoms with Crippen molar-refractivity contribution >= 4 is 15.8 Å². The Balaban J connectivity index is 2.61. The van der Waals surface area contributed by atoms with Gasteiger partial charge in [-0.1, -0.05) is 24.3 Å². The van der Waals surface area contributed by atoms with E-state index in [1.54, 1.807) is 12.5 Å². The van der Waals surface area contributed by atoms with Crippen LogP contribution in [0.2, 0.25) is 0 Å². The monoisotopic (exact) mass is 312 g/mol. The highest BCUT2D eigenvalue weighted by Gasteiger charge is 2.15. The van der Waals surface area contributed by atoms with E-state index in [-0.39, 0.29) is 0 Å². The molecule has 21 heavy (non-hydrogen) atoms. The number of ether oxygens (including phenoxy) is 1. The molecule has 6 heteroatoms. The molecular formula is C15H24N2O3S. The molecule has 0 atom stereocenters. The van der Waals surface area contributed by atoms with Crippen LogP contribution in [0.1, 0.15) is 31.9 Å². The molecule has 0 unspecified atom stereocenters. The fraction of sp³-hybridized carbons (Fsp3) is 0.533. The third kappa shape index (κ3) is 8.34. The molecule has 0 bridgehead atoms. The van der Waals surface area contributed by atoms with Crippen LogP contribution >= 0.6 is 0 Å². The van der Waals surface area contributed by atoms with Gasteiger partial charge < -0.3 is 10.1 Å². The van der Waals surface area contributed by atoms with Gasteiger partial charge in [-0.05, 0) is 31.9 Å². The van der Waals surface area contributed by atoms with Crippen LogP contribution in [0, 0.1) is 0 Å². The number of alkyl carbamates (subject to hydrolysis) is 1. The Morgan fingerprint density at radius 3 is 2.48 bits per heavy atom. The maximum Gasteiger partial charge on any atom is 0.407 e. The second-order valence-electron chi connectivity index (χ2n) is 6.14. The zero-order valence-corrected chi connectivity index (χ0v) is 14.1. The lowest BCUT2D eigenvalue weighted by Gasteiger charge is -2.19. The van der Waals surface area contributed by atoms with Crippen LogP contribution in [0.4, 0.5) is 4.79 Å². The van der Waals surface area contributed by atoms with E-state index in [4.69, 9.17) is 4.74 Å². The molecular weight excluding hydrogens is 288 g/mol. The van der Waals surface area contributed by atoms with Gasteiger partial charge in [-0.2, -0.15) is 0 Å². The first-order valence-corrected chi connectivity index (χ1v) is 9.06. The molecule has 1 aromatic rings. The number of hydrogen-bond donors (Lipinski definition) is 1. The Hall–Kier alpha value is -1.56. The van der Waals surface area contributed by atoms with Crippen LogP contribution in [0.3, 0.4) is 0 Å². The van der Waals surface area contributed by atoms with Crippen molar-refractivity contribution in [3.05, 3.63) is 35.4 Å². The van der Waals surface area contributed by atoms with E-state index < -0.39 is 21.4 Å². The smallest absolute Gasteiger partial charge is 0.407 e. The van der Waals surface area contributed by atoms with E-state index in [1.807, 2.05) is 45.0 Å². The molecule has 0 fully saturated rings. The quantitative estimate of drug-likeness (QED) is 0.929. The summed E-state index contributed by atoms with van der Waals surface area (Å²) in [4.78, 5) is 11.6. The van der Waals surface area contributed by atoms with Gasteiger partial charge in [0.05, 0.1) is 6.54 Å². The number of amides is 1. The lowest BCUT2D eigenvalue weighted by Crippen LogP contribution is -2.32. The first kappa shape index (κ1) is 17.5. The molecule has 0 aliphatic rings. The molecule has 0 aromatic heterocycles. The third-order valence-corrected chi connectivity index (χ3v) is 3.14. The van der Waals surface area contributed by atoms with Crippen molar-refractivity contribution in [3.8, 4) is 0 Å². The van der Waals surface area contributed by atoms with E-state index in [0.717, 1.165) is 11.1 Å². The zero-order chi connectivity index (χ0) is 16.1. The second-order valence-corrected chi connectivity index (χ2v) is 8.76. The van der Waals surface area contributed by atoms with Gasteiger partial charge in [0.1, 0.15) is 5.60 Å². The fourth-order valence-corrected chi connectivity index (χ4v) is 2.02. The van der Waals surface area contributed by atoms with Gasteiger partial charge in [-0.15, -0.1) is 0 Å². The average Bonchev–Trinajstić information content (AvgIpc) is 2.32. The highest BCUT2D eigenvalue weighted by atomic mass is 32.2. The summed E-state index contributed by atoms with van der Waals surface area (Å²) in [6.07, 6.45) is 2.78. The van der Waals surface area contributed by atoms with E-state index in [0.29, 0.717) is 13.1 Å². The largest absolute Gasteiger partial charge is 0.444 e. The fourth-order valence-electron chi connectivity index (χ4n) is 1.56. The lowest BCUT2D eigenvalue weighted by atomic mass is 10.1. The van der Waals surface area contributed by atoms with Crippen molar-refractivity contribution in [2.24, 2.45) is 4.36 Å². The maximum atomic E-state index is 11.6. The lowest BCUT2D eigenvalue weighted by molar-refractivity contribution is 0.0523. The Morgan fingerprint density at radius 1 is 1.29 bits per heavy atom. The van der Waals surface area contributed by atoms with Crippen molar-refractivity contribution in [1.82, 2.24) is 5.32 Å². The van der Waals surface area contributed by atoms with E-state index in [1.165, 1.54) is 0 Å². The topological polar surface area (TPSA) is 67.8 Å². The van der Waals surface area contributed by atoms with Gasteiger partial charge in [0, 0.05) is 28.8 Å². The molecule has 1 aromatic carbocycles. The highest BCUT2D eigenvalue weighted by molar-refractivity contribution is 7.92. The van der Waals surface area contributed by atoms with Gasteiger partial charge in [0.25, 0.3) is 0 Å². The number of nitrogens with one attached hydrogen (secondary N) is 1. The zero-order valence-electron chi connectivity index (χ0n) is 13.3. The predicted molar refractivity (Wildman–Crippen MR) is 85.6 cm³/mol. The molecule has 0 spiro atoms. The van der Waals surface area contributed by atoms with Crippen molar-refractivity contribution < 1.29 is 13.7 Å². The molecule has 1 N–H and O–H groups in total. The molecule has 0 aliphatic carbocycles. The number of rotatable bonds is 4. The van der Waals surface area contributed by atoms with Crippen LogP contribution in [0.25, 0.3) is 0 Å². The molecule has 0 saturated carbocycles. The third-order valence-electron chi connectivity index (χ3n) is 2.39. The molecule has 0 saturated heterocycles. The molecule has 1 rings (SSSR count). The van der Waals surface area contributed by atoms with Gasteiger partial charge in [0.2, 0.25) is 0 Å². The summed E-state index contributed by atoms with van der Waals surface area (Å²) >= 11 is 0. The number of carbonyl (C=O) groups excluding carboxylic acids is 1. The summed E-state index contributed by atoms with van der Waals surface area (Å²) in [5.74, 6) is 0. The van der Waals surface area contributed by atoms with Crippen LogP contribution in [-0.4, -0.2) is 28.4 Å². The van der Waals surface area contributed by atoms with Gasteiger partial charge in [-0.3, -0.25) is 4.21 Å². The summed E-state index contributed by atoms with van der Waals surface area (Å²) < 4.78 is 20.9. The minimum Gasteiger partial charge on any atom is -0.444 e. The van der Waals surface area contributed by atoms with E-state index in [2.05, 4.69) is 9.68 Å². The van der Waals surface area contributed by atoms with Crippen molar-refractivity contribution in [3.63, 3.8) is 0 Å². The molecule has 1 amide bonds. The molecule has 0 radical (unpaired) electrons. The summed E-state index contributed by atoms with van der Waals surface area (Å²) in [6, 6.07) is 7.66. The highest BCUT2D eigenvalue weighted by Crippen LogP contribution is 2.09. The van der Waals surface area contributed by atoms with Crippen LogP contribution in [-0.2, 0) is 27.6 Å². The van der Waals surface area contributed by atoms with Gasteiger partial charge >= 0.3 is 6.09 Å². The van der Waals surface area contributed by atoms with E-state index in [9.17, 15) is 9.00 Å². The number of hydrogen-bond acceptors (Lipinski definition) is 4. The molecule has 118 valence electrons. The standard InChI is InChI=1S/C15H24N2O3S/c1-15(2,3)20-14(18)16-10-12-7-6-8-13(9-12)11-17-21(4,5)19/h6-9H,10-11H2,1-5H3,(H,16,18). The minimum atomic E-state index is -2.10. The van der Waals surface area contributed by atoms with Crippen LogP contribution in [0.15, 0.2) is 28.6 Å². The average molecular weight is 312 g/mol. The van der Waals surface area contributed by atoms with Gasteiger partial charge in [0.15, 0.2) is 0 Å². The number of nitrogens with zero attached hydrogens (tertiary/aromatic N) is 1. The summed E-state index contributed by atoms with van der Waals surface area (Å²) in [5.41, 5.74) is 1.41. The Kier molecular flexibility index (Phi) is 5.78. The van der Waals surface area contributed by atoms with Crippen LogP contribution < -0.4 is 5.32 Å². The molecule has 0 aliphatic heterocycles. The summed E-state index contributed by atoms with van der Waals surface area (Å²) in [5, 5.41) is 2.71. The molecule has 5 nitrogen and oxygen atoms in total. The minimum absolute atomic E-state index is 0.385. The number of carbonyl (C=O) groups is 1. The van der Waals surface area contributed by atoms with Crippen molar-refractivity contribution in [2.75, 3.05) is 12.5 Å². The summed E-state index contributed by atoms with van der Waals surface area (Å²) in [7, 11) is -2.10. The number of benzene rings is 1. The van der Waals surface area contributed by atoms with Crippen molar-refractivity contribution in [2.45, 2.75) is 39.5 Å². The Labute approximate surface area is 127 Å². The second kappa shape index (κ2) is 6.93. The van der Waals surface area contributed by atoms with Gasteiger partial charge in [-0.25, -0.2) is 9.16 Å². The molecule has 0 heterocycles. The van der Waals surface area contributed by atoms with Crippen LogP contribution in [0.5, 0.6) is 0 Å². The van der Waals surface area contributed by atoms with Crippen molar-refractivity contribution in [1.29, 1.82) is 0 Å². The first-order valence-electron chi connectivity index (χ1n) is 6.73. The maximum absolute atomic E-state index is 11.6. The Morgan fingerprint density at radius 2 is 1.90 bits per heavy atom. The SMILES string of the molecule is CC(C)(C)OC(=O)NCc1cccc(CN=S(C)(C)=O)c1. The predicted octanol–water partition coefficient (Wildman–Crippen LogP) is 2.94. The Bertz CT molecular complexity index is 604. The van der Waals surface area contributed by atoms with E-state index >= 15 is 0 Å².